The van der Waals surface area contributed by atoms with Crippen LogP contribution in [0.1, 0.15) is 11.6 Å². The maximum Gasteiger partial charge on any atom is 0.313 e. The van der Waals surface area contributed by atoms with Crippen LogP contribution in [-0.4, -0.2) is 70.8 Å². The molecule has 0 aromatic heterocycles. The van der Waals surface area contributed by atoms with E-state index in [1.165, 1.54) is 0 Å². The molecule has 1 saturated heterocycles. The van der Waals surface area contributed by atoms with Crippen LogP contribution in [0.15, 0.2) is 48.5 Å². The van der Waals surface area contributed by atoms with Crippen molar-refractivity contribution in [2.24, 2.45) is 0 Å². The van der Waals surface area contributed by atoms with Gasteiger partial charge in [0.25, 0.3) is 0 Å². The number of rotatable bonds is 7. The van der Waals surface area contributed by atoms with Gasteiger partial charge in [0.05, 0.1) is 26.4 Å². The normalized spacial score (nSPS) is 15.1. The minimum atomic E-state index is -0.700. The maximum atomic E-state index is 12.4. The van der Waals surface area contributed by atoms with Gasteiger partial charge < -0.3 is 25.0 Å². The monoisotopic (exact) mass is 426 g/mol. The number of hydrogen-bond acceptors (Lipinski definition) is 6. The average molecular weight is 427 g/mol. The van der Waals surface area contributed by atoms with Gasteiger partial charge in [-0.05, 0) is 42.0 Å². The fraction of sp³-hybridized carbons (Fsp3) is 0.391. The molecule has 1 aliphatic heterocycles. The Morgan fingerprint density at radius 3 is 2.26 bits per heavy atom. The number of nitrogens with one attached hydrogen (secondary N) is 2. The van der Waals surface area contributed by atoms with E-state index in [0.29, 0.717) is 31.2 Å². The molecule has 31 heavy (non-hydrogen) atoms. The van der Waals surface area contributed by atoms with Crippen molar-refractivity contribution in [2.45, 2.75) is 6.04 Å². The van der Waals surface area contributed by atoms with Crippen molar-refractivity contribution < 1.29 is 19.1 Å². The van der Waals surface area contributed by atoms with Crippen molar-refractivity contribution in [3.05, 3.63) is 54.1 Å². The summed E-state index contributed by atoms with van der Waals surface area (Å²) in [6.45, 7) is 3.18. The Kier molecular flexibility index (Phi) is 7.86. The smallest absolute Gasteiger partial charge is 0.313 e. The summed E-state index contributed by atoms with van der Waals surface area (Å²) in [5.41, 5.74) is 2.72. The zero-order chi connectivity index (χ0) is 22.2. The van der Waals surface area contributed by atoms with E-state index in [9.17, 15) is 9.59 Å². The zero-order valence-electron chi connectivity index (χ0n) is 18.3. The molecule has 1 unspecified atom stereocenters. The molecule has 2 amide bonds. The second-order valence-corrected chi connectivity index (χ2v) is 7.54. The predicted molar refractivity (Wildman–Crippen MR) is 121 cm³/mol. The Morgan fingerprint density at radius 1 is 1.03 bits per heavy atom. The molecule has 0 aliphatic carbocycles. The van der Waals surface area contributed by atoms with Crippen LogP contribution in [0, 0.1) is 0 Å². The summed E-state index contributed by atoms with van der Waals surface area (Å²) < 4.78 is 10.6. The molecule has 0 saturated carbocycles. The van der Waals surface area contributed by atoms with Crippen molar-refractivity contribution in [1.29, 1.82) is 0 Å². The van der Waals surface area contributed by atoms with Gasteiger partial charge in [0.2, 0.25) is 0 Å². The summed E-state index contributed by atoms with van der Waals surface area (Å²) >= 11 is 0. The predicted octanol–water partition coefficient (Wildman–Crippen LogP) is 1.89. The molecular weight excluding hydrogens is 396 g/mol. The summed E-state index contributed by atoms with van der Waals surface area (Å²) in [6, 6.07) is 15.0. The molecular formula is C23H30N4O4. The van der Waals surface area contributed by atoms with Gasteiger partial charge in [-0.3, -0.25) is 14.5 Å². The summed E-state index contributed by atoms with van der Waals surface area (Å²) in [6.07, 6.45) is 0. The number of methoxy groups -OCH3 is 1. The van der Waals surface area contributed by atoms with Crippen molar-refractivity contribution in [3.63, 3.8) is 0 Å². The Hall–Kier alpha value is -3.10. The average Bonchev–Trinajstić information content (AvgIpc) is 2.80. The van der Waals surface area contributed by atoms with Crippen LogP contribution in [0.3, 0.4) is 0 Å². The zero-order valence-corrected chi connectivity index (χ0v) is 18.3. The molecule has 8 heteroatoms. The molecule has 1 atom stereocenters. The van der Waals surface area contributed by atoms with E-state index < -0.39 is 11.8 Å². The minimum absolute atomic E-state index is 0.0437. The highest BCUT2D eigenvalue weighted by atomic mass is 16.5. The largest absolute Gasteiger partial charge is 0.497 e. The Balaban J connectivity index is 1.64. The lowest BCUT2D eigenvalue weighted by molar-refractivity contribution is -0.136. The summed E-state index contributed by atoms with van der Waals surface area (Å²) in [5.74, 6) is -0.691. The van der Waals surface area contributed by atoms with Crippen LogP contribution in [0.2, 0.25) is 0 Å². The molecule has 0 radical (unpaired) electrons. The fourth-order valence-corrected chi connectivity index (χ4v) is 3.47. The first kappa shape index (κ1) is 22.6. The van der Waals surface area contributed by atoms with E-state index in [0.717, 1.165) is 24.3 Å². The van der Waals surface area contributed by atoms with Crippen LogP contribution in [0.25, 0.3) is 0 Å². The molecule has 1 heterocycles. The molecule has 0 bridgehead atoms. The third-order valence-corrected chi connectivity index (χ3v) is 5.29. The number of ether oxygens (including phenoxy) is 2. The van der Waals surface area contributed by atoms with Crippen molar-refractivity contribution in [1.82, 2.24) is 10.2 Å². The van der Waals surface area contributed by atoms with Crippen molar-refractivity contribution in [3.8, 4) is 5.75 Å². The van der Waals surface area contributed by atoms with E-state index in [1.54, 1.807) is 31.4 Å². The molecule has 3 rings (SSSR count). The van der Waals surface area contributed by atoms with Crippen molar-refractivity contribution >= 4 is 23.2 Å². The van der Waals surface area contributed by atoms with Crippen LogP contribution in [0.5, 0.6) is 5.75 Å². The molecule has 8 nitrogen and oxygen atoms in total. The first-order valence-electron chi connectivity index (χ1n) is 10.3. The molecule has 1 fully saturated rings. The Labute approximate surface area is 183 Å². The van der Waals surface area contributed by atoms with Gasteiger partial charge in [0.1, 0.15) is 5.75 Å². The van der Waals surface area contributed by atoms with E-state index in [1.807, 2.05) is 19.0 Å². The number of benzene rings is 2. The van der Waals surface area contributed by atoms with Gasteiger partial charge in [0.15, 0.2) is 0 Å². The van der Waals surface area contributed by atoms with E-state index in [-0.39, 0.29) is 6.04 Å². The first-order valence-corrected chi connectivity index (χ1v) is 10.3. The standard InChI is InChI=1S/C23H30N4O4/c1-26(2)19-8-4-17(5-9-19)21(27-12-14-31-15-13-27)16-24-22(28)23(29)25-18-6-10-20(30-3)11-7-18/h4-11,21H,12-16H2,1-3H3,(H,24,28)(H,25,29). The number of morpholine rings is 1. The second kappa shape index (κ2) is 10.8. The molecule has 2 aromatic carbocycles. The van der Waals surface area contributed by atoms with Gasteiger partial charge in [0, 0.05) is 45.1 Å². The lowest BCUT2D eigenvalue weighted by Crippen LogP contribution is -2.45. The molecule has 2 aromatic rings. The SMILES string of the molecule is COc1ccc(NC(=O)C(=O)NCC(c2ccc(N(C)C)cc2)N2CCOCC2)cc1. The van der Waals surface area contributed by atoms with Crippen LogP contribution in [-0.2, 0) is 14.3 Å². The Morgan fingerprint density at radius 2 is 1.68 bits per heavy atom. The van der Waals surface area contributed by atoms with E-state index in [2.05, 4.69) is 39.8 Å². The molecule has 2 N–H and O–H groups in total. The lowest BCUT2D eigenvalue weighted by atomic mass is 10.0. The van der Waals surface area contributed by atoms with Crippen LogP contribution in [0.4, 0.5) is 11.4 Å². The van der Waals surface area contributed by atoms with E-state index >= 15 is 0 Å². The first-order chi connectivity index (χ1) is 15.0. The molecule has 1 aliphatic rings. The number of amides is 2. The van der Waals surface area contributed by atoms with E-state index in [4.69, 9.17) is 9.47 Å². The van der Waals surface area contributed by atoms with Gasteiger partial charge >= 0.3 is 11.8 Å². The highest BCUT2D eigenvalue weighted by molar-refractivity contribution is 6.39. The van der Waals surface area contributed by atoms with Crippen LogP contribution >= 0.6 is 0 Å². The number of anilines is 2. The number of hydrogen-bond donors (Lipinski definition) is 2. The quantitative estimate of drug-likeness (QED) is 0.658. The number of carbonyl (C=O) groups is 2. The van der Waals surface area contributed by atoms with Gasteiger partial charge in [-0.25, -0.2) is 0 Å². The highest BCUT2D eigenvalue weighted by Gasteiger charge is 2.24. The maximum absolute atomic E-state index is 12.4. The Bertz CT molecular complexity index is 862. The second-order valence-electron chi connectivity index (χ2n) is 7.54. The van der Waals surface area contributed by atoms with Crippen molar-refractivity contribution in [2.75, 3.05) is 64.3 Å². The molecule has 166 valence electrons. The third-order valence-electron chi connectivity index (χ3n) is 5.29. The third kappa shape index (κ3) is 6.19. The summed E-state index contributed by atoms with van der Waals surface area (Å²) in [7, 11) is 5.56. The molecule has 0 spiro atoms. The van der Waals surface area contributed by atoms with Gasteiger partial charge in [-0.15, -0.1) is 0 Å². The number of carbonyl (C=O) groups excluding carboxylic acids is 2. The van der Waals surface area contributed by atoms with Gasteiger partial charge in [-0.1, -0.05) is 12.1 Å². The number of nitrogens with zero attached hydrogens (tertiary/aromatic N) is 2. The topological polar surface area (TPSA) is 83.1 Å². The minimum Gasteiger partial charge on any atom is -0.497 e. The van der Waals surface area contributed by atoms with Crippen LogP contribution < -0.4 is 20.3 Å². The fourth-order valence-electron chi connectivity index (χ4n) is 3.47. The lowest BCUT2D eigenvalue weighted by Gasteiger charge is -2.35. The highest BCUT2D eigenvalue weighted by Crippen LogP contribution is 2.24. The summed E-state index contributed by atoms with van der Waals surface area (Å²) in [5, 5.41) is 5.40. The summed E-state index contributed by atoms with van der Waals surface area (Å²) in [4.78, 5) is 29.1. The van der Waals surface area contributed by atoms with Gasteiger partial charge in [-0.2, -0.15) is 0 Å².